The Morgan fingerprint density at radius 2 is 2.19 bits per heavy atom. The summed E-state index contributed by atoms with van der Waals surface area (Å²) >= 11 is 5.97. The number of carbonyl (C=O) groups excluding carboxylic acids is 1. The number of amides is 1. The molecule has 16 heavy (non-hydrogen) atoms. The van der Waals surface area contributed by atoms with Crippen LogP contribution >= 0.6 is 11.6 Å². The molecule has 0 aromatic heterocycles. The maximum Gasteiger partial charge on any atom is 0.228 e. The highest BCUT2D eigenvalue weighted by Gasteiger charge is 2.11. The lowest BCUT2D eigenvalue weighted by Gasteiger charge is -2.12. The molecular formula is C12H17ClN2O. The molecule has 0 saturated carbocycles. The Labute approximate surface area is 101 Å². The van der Waals surface area contributed by atoms with Crippen LogP contribution in [0, 0.1) is 12.8 Å². The SMILES string of the molecule is CNCC(C)C(=O)Nc1ccc(C)c(Cl)c1. The van der Waals surface area contributed by atoms with Crippen LogP contribution in [0.4, 0.5) is 5.69 Å². The maximum absolute atomic E-state index is 11.7. The average molecular weight is 241 g/mol. The third-order valence-corrected chi connectivity index (χ3v) is 2.80. The largest absolute Gasteiger partial charge is 0.326 e. The van der Waals surface area contributed by atoms with Gasteiger partial charge in [0.2, 0.25) is 5.91 Å². The smallest absolute Gasteiger partial charge is 0.228 e. The number of halogens is 1. The number of anilines is 1. The Kier molecular flexibility index (Phi) is 4.77. The Balaban J connectivity index is 2.66. The van der Waals surface area contributed by atoms with Gasteiger partial charge in [0.25, 0.3) is 0 Å². The van der Waals surface area contributed by atoms with Crippen LogP contribution in [0.2, 0.25) is 5.02 Å². The van der Waals surface area contributed by atoms with E-state index in [1.54, 1.807) is 6.07 Å². The highest BCUT2D eigenvalue weighted by molar-refractivity contribution is 6.31. The second-order valence-electron chi connectivity index (χ2n) is 3.91. The average Bonchev–Trinajstić information content (AvgIpc) is 2.24. The van der Waals surface area contributed by atoms with E-state index in [2.05, 4.69) is 10.6 Å². The molecule has 0 aliphatic carbocycles. The number of hydrogen-bond donors (Lipinski definition) is 2. The summed E-state index contributed by atoms with van der Waals surface area (Å²) in [6, 6.07) is 5.51. The fourth-order valence-corrected chi connectivity index (χ4v) is 1.52. The van der Waals surface area contributed by atoms with E-state index < -0.39 is 0 Å². The number of carbonyl (C=O) groups is 1. The van der Waals surface area contributed by atoms with Crippen molar-refractivity contribution in [1.82, 2.24) is 5.32 Å². The van der Waals surface area contributed by atoms with Crippen LogP contribution in [0.15, 0.2) is 18.2 Å². The van der Waals surface area contributed by atoms with Gasteiger partial charge in [-0.25, -0.2) is 0 Å². The molecule has 4 heteroatoms. The molecule has 1 atom stereocenters. The summed E-state index contributed by atoms with van der Waals surface area (Å²) in [6.07, 6.45) is 0. The lowest BCUT2D eigenvalue weighted by atomic mass is 10.1. The highest BCUT2D eigenvalue weighted by atomic mass is 35.5. The normalized spacial score (nSPS) is 12.2. The quantitative estimate of drug-likeness (QED) is 0.849. The van der Waals surface area contributed by atoms with Crippen LogP contribution in [0.3, 0.4) is 0 Å². The van der Waals surface area contributed by atoms with Gasteiger partial charge in [-0.1, -0.05) is 24.6 Å². The van der Waals surface area contributed by atoms with E-state index in [4.69, 9.17) is 11.6 Å². The molecule has 0 fully saturated rings. The van der Waals surface area contributed by atoms with E-state index in [0.29, 0.717) is 11.6 Å². The molecule has 1 aromatic carbocycles. The second kappa shape index (κ2) is 5.87. The zero-order valence-corrected chi connectivity index (χ0v) is 10.6. The summed E-state index contributed by atoms with van der Waals surface area (Å²) in [6.45, 7) is 4.46. The van der Waals surface area contributed by atoms with Crippen molar-refractivity contribution in [1.29, 1.82) is 0 Å². The molecule has 1 amide bonds. The minimum Gasteiger partial charge on any atom is -0.326 e. The summed E-state index contributed by atoms with van der Waals surface area (Å²) in [5.74, 6) is -0.0700. The fraction of sp³-hybridized carbons (Fsp3) is 0.417. The first-order valence-corrected chi connectivity index (χ1v) is 5.64. The summed E-state index contributed by atoms with van der Waals surface area (Å²) in [7, 11) is 1.83. The van der Waals surface area contributed by atoms with Crippen molar-refractivity contribution in [2.75, 3.05) is 18.9 Å². The zero-order valence-electron chi connectivity index (χ0n) is 9.80. The van der Waals surface area contributed by atoms with Gasteiger partial charge in [-0.15, -0.1) is 0 Å². The van der Waals surface area contributed by atoms with E-state index in [-0.39, 0.29) is 11.8 Å². The van der Waals surface area contributed by atoms with E-state index in [1.807, 2.05) is 33.0 Å². The molecule has 0 aliphatic rings. The van der Waals surface area contributed by atoms with E-state index in [9.17, 15) is 4.79 Å². The van der Waals surface area contributed by atoms with Crippen molar-refractivity contribution >= 4 is 23.2 Å². The topological polar surface area (TPSA) is 41.1 Å². The summed E-state index contributed by atoms with van der Waals surface area (Å²) in [4.78, 5) is 11.7. The molecule has 1 rings (SSSR count). The lowest BCUT2D eigenvalue weighted by Crippen LogP contribution is -2.28. The maximum atomic E-state index is 11.7. The lowest BCUT2D eigenvalue weighted by molar-refractivity contribution is -0.119. The first kappa shape index (κ1) is 13.0. The molecule has 0 bridgehead atoms. The van der Waals surface area contributed by atoms with Gasteiger partial charge in [-0.3, -0.25) is 4.79 Å². The predicted molar refractivity (Wildman–Crippen MR) is 67.9 cm³/mol. The van der Waals surface area contributed by atoms with Gasteiger partial charge < -0.3 is 10.6 Å². The van der Waals surface area contributed by atoms with Crippen molar-refractivity contribution in [2.24, 2.45) is 5.92 Å². The van der Waals surface area contributed by atoms with Crippen molar-refractivity contribution in [3.8, 4) is 0 Å². The van der Waals surface area contributed by atoms with Crippen LogP contribution in [0.25, 0.3) is 0 Å². The van der Waals surface area contributed by atoms with E-state index in [1.165, 1.54) is 0 Å². The zero-order chi connectivity index (χ0) is 12.1. The van der Waals surface area contributed by atoms with E-state index >= 15 is 0 Å². The molecule has 0 radical (unpaired) electrons. The number of rotatable bonds is 4. The fourth-order valence-electron chi connectivity index (χ4n) is 1.33. The Hall–Kier alpha value is -1.06. The highest BCUT2D eigenvalue weighted by Crippen LogP contribution is 2.20. The Bertz CT molecular complexity index is 379. The third kappa shape index (κ3) is 3.51. The van der Waals surface area contributed by atoms with Gasteiger partial charge in [0.1, 0.15) is 0 Å². The van der Waals surface area contributed by atoms with Crippen LogP contribution in [-0.2, 0) is 4.79 Å². The van der Waals surface area contributed by atoms with Crippen LogP contribution in [0.5, 0.6) is 0 Å². The first-order valence-electron chi connectivity index (χ1n) is 5.26. The van der Waals surface area contributed by atoms with Crippen LogP contribution < -0.4 is 10.6 Å². The third-order valence-electron chi connectivity index (χ3n) is 2.40. The number of nitrogens with one attached hydrogen (secondary N) is 2. The minimum absolute atomic E-state index is 0.00531. The number of hydrogen-bond acceptors (Lipinski definition) is 2. The van der Waals surface area contributed by atoms with Gasteiger partial charge in [0.15, 0.2) is 0 Å². The van der Waals surface area contributed by atoms with Crippen molar-refractivity contribution in [3.05, 3.63) is 28.8 Å². The van der Waals surface area contributed by atoms with Crippen LogP contribution in [0.1, 0.15) is 12.5 Å². The molecule has 0 saturated heterocycles. The molecule has 1 unspecified atom stereocenters. The van der Waals surface area contributed by atoms with Gasteiger partial charge >= 0.3 is 0 Å². The predicted octanol–water partition coefficient (Wildman–Crippen LogP) is 2.44. The summed E-state index contributed by atoms with van der Waals surface area (Å²) in [5.41, 5.74) is 1.74. The molecular weight excluding hydrogens is 224 g/mol. The molecule has 0 aliphatic heterocycles. The Morgan fingerprint density at radius 3 is 2.75 bits per heavy atom. The van der Waals surface area contributed by atoms with E-state index in [0.717, 1.165) is 11.3 Å². The second-order valence-corrected chi connectivity index (χ2v) is 4.32. The molecule has 0 spiro atoms. The Morgan fingerprint density at radius 1 is 1.50 bits per heavy atom. The van der Waals surface area contributed by atoms with Gasteiger partial charge in [0, 0.05) is 23.2 Å². The molecule has 2 N–H and O–H groups in total. The van der Waals surface area contributed by atoms with Gasteiger partial charge in [-0.05, 0) is 31.7 Å². The summed E-state index contributed by atoms with van der Waals surface area (Å²) in [5, 5.41) is 6.46. The molecule has 0 heterocycles. The minimum atomic E-state index is -0.0647. The summed E-state index contributed by atoms with van der Waals surface area (Å²) < 4.78 is 0. The van der Waals surface area contributed by atoms with Gasteiger partial charge in [-0.2, -0.15) is 0 Å². The van der Waals surface area contributed by atoms with Gasteiger partial charge in [0.05, 0.1) is 0 Å². The van der Waals surface area contributed by atoms with Crippen molar-refractivity contribution in [2.45, 2.75) is 13.8 Å². The van der Waals surface area contributed by atoms with Crippen molar-refractivity contribution in [3.63, 3.8) is 0 Å². The van der Waals surface area contributed by atoms with Crippen molar-refractivity contribution < 1.29 is 4.79 Å². The molecule has 88 valence electrons. The monoisotopic (exact) mass is 240 g/mol. The molecule has 3 nitrogen and oxygen atoms in total. The number of benzene rings is 1. The van der Waals surface area contributed by atoms with Crippen LogP contribution in [-0.4, -0.2) is 19.5 Å². The first-order chi connectivity index (χ1) is 7.54. The number of aryl methyl sites for hydroxylation is 1. The molecule has 1 aromatic rings. The standard InChI is InChI=1S/C12H17ClN2O/c1-8-4-5-10(6-11(8)13)15-12(16)9(2)7-14-3/h4-6,9,14H,7H2,1-3H3,(H,15,16).